The number of aryl methyl sites for hydroxylation is 1. The zero-order valence-corrected chi connectivity index (χ0v) is 18.0. The van der Waals surface area contributed by atoms with Crippen LogP contribution in [-0.2, 0) is 19.0 Å². The van der Waals surface area contributed by atoms with Crippen molar-refractivity contribution in [2.45, 2.75) is 64.1 Å². The Balaban J connectivity index is 1.47. The average molecular weight is 447 g/mol. The van der Waals surface area contributed by atoms with Crippen LogP contribution in [0.2, 0.25) is 0 Å². The van der Waals surface area contributed by atoms with E-state index in [1.54, 1.807) is 22.2 Å². The molecule has 4 aromatic rings. The van der Waals surface area contributed by atoms with E-state index in [1.165, 1.54) is 21.2 Å². The van der Waals surface area contributed by atoms with Gasteiger partial charge >= 0.3 is 6.18 Å². The molecular formula is C21H21F3N6S. The van der Waals surface area contributed by atoms with Crippen LogP contribution in [0.3, 0.4) is 0 Å². The Morgan fingerprint density at radius 2 is 2.00 bits per heavy atom. The Morgan fingerprint density at radius 3 is 2.74 bits per heavy atom. The van der Waals surface area contributed by atoms with Crippen molar-refractivity contribution in [1.82, 2.24) is 29.4 Å². The normalized spacial score (nSPS) is 20.5. The first-order valence-electron chi connectivity index (χ1n) is 10.6. The van der Waals surface area contributed by atoms with Crippen LogP contribution in [0.5, 0.6) is 0 Å². The lowest BCUT2D eigenvalue weighted by molar-refractivity contribution is -0.141. The summed E-state index contributed by atoms with van der Waals surface area (Å²) in [5, 5.41) is 9.53. The summed E-state index contributed by atoms with van der Waals surface area (Å²) in [7, 11) is 0. The lowest BCUT2D eigenvalue weighted by Gasteiger charge is -2.17. The molecule has 2 unspecified atom stereocenters. The standard InChI is InChI=1S/C21H21F3N6S/c1-10-3-6-13-15(7-10)31-20-17(13)19-26-18(28-29(19)9-25-20)11(2)30-14(12-4-5-12)8-16(27-30)21(22,23)24/h8-12H,3-7H2,1-2H3. The molecule has 2 aliphatic rings. The first-order valence-corrected chi connectivity index (χ1v) is 11.4. The minimum atomic E-state index is -4.47. The second kappa shape index (κ2) is 6.51. The molecule has 2 atom stereocenters. The molecule has 0 N–H and O–H groups in total. The smallest absolute Gasteiger partial charge is 0.258 e. The highest BCUT2D eigenvalue weighted by Gasteiger charge is 2.39. The molecule has 0 bridgehead atoms. The van der Waals surface area contributed by atoms with Crippen LogP contribution in [0.15, 0.2) is 12.4 Å². The molecule has 0 saturated heterocycles. The van der Waals surface area contributed by atoms with Crippen LogP contribution >= 0.6 is 11.3 Å². The fourth-order valence-electron chi connectivity index (χ4n) is 4.58. The van der Waals surface area contributed by atoms with E-state index in [9.17, 15) is 13.2 Å². The summed E-state index contributed by atoms with van der Waals surface area (Å²) in [6.07, 6.45) is 2.14. The molecular weight excluding hydrogens is 425 g/mol. The quantitative estimate of drug-likeness (QED) is 0.436. The van der Waals surface area contributed by atoms with Gasteiger partial charge in [-0.05, 0) is 56.6 Å². The predicted molar refractivity (Wildman–Crippen MR) is 110 cm³/mol. The number of thiophene rings is 1. The molecule has 31 heavy (non-hydrogen) atoms. The number of hydrogen-bond donors (Lipinski definition) is 0. The largest absolute Gasteiger partial charge is 0.435 e. The van der Waals surface area contributed by atoms with Crippen molar-refractivity contribution in [1.29, 1.82) is 0 Å². The zero-order valence-electron chi connectivity index (χ0n) is 17.1. The minimum absolute atomic E-state index is 0.127. The third kappa shape index (κ3) is 3.06. The summed E-state index contributed by atoms with van der Waals surface area (Å²) in [5.41, 5.74) is 1.80. The Bertz CT molecular complexity index is 1310. The van der Waals surface area contributed by atoms with E-state index in [2.05, 4.69) is 22.1 Å². The molecule has 4 aromatic heterocycles. The van der Waals surface area contributed by atoms with Crippen molar-refractivity contribution in [2.24, 2.45) is 5.92 Å². The number of fused-ring (bicyclic) bond motifs is 5. The fourth-order valence-corrected chi connectivity index (χ4v) is 5.93. The maximum Gasteiger partial charge on any atom is 0.435 e. The zero-order chi connectivity index (χ0) is 21.5. The maximum absolute atomic E-state index is 13.3. The van der Waals surface area contributed by atoms with E-state index in [-0.39, 0.29) is 5.92 Å². The first-order chi connectivity index (χ1) is 14.8. The van der Waals surface area contributed by atoms with Gasteiger partial charge in [0.25, 0.3) is 0 Å². The van der Waals surface area contributed by atoms with E-state index < -0.39 is 17.9 Å². The Labute approximate surface area is 180 Å². The summed E-state index contributed by atoms with van der Waals surface area (Å²) in [5.74, 6) is 1.24. The van der Waals surface area contributed by atoms with Crippen molar-refractivity contribution in [3.05, 3.63) is 40.0 Å². The number of alkyl halides is 3. The van der Waals surface area contributed by atoms with E-state index in [0.29, 0.717) is 17.4 Å². The van der Waals surface area contributed by atoms with Crippen molar-refractivity contribution in [2.75, 3.05) is 0 Å². The SMILES string of the molecule is CC1CCc2c(sc3ncn4nc(C(C)n5nc(C(F)(F)F)cc5C5CC5)nc4c23)C1. The van der Waals surface area contributed by atoms with Crippen molar-refractivity contribution in [3.63, 3.8) is 0 Å². The van der Waals surface area contributed by atoms with Gasteiger partial charge < -0.3 is 0 Å². The minimum Gasteiger partial charge on any atom is -0.258 e. The van der Waals surface area contributed by atoms with E-state index in [4.69, 9.17) is 4.98 Å². The molecule has 2 aliphatic carbocycles. The Hall–Kier alpha value is -2.49. The van der Waals surface area contributed by atoms with Gasteiger partial charge in [0.05, 0.1) is 5.39 Å². The summed E-state index contributed by atoms with van der Waals surface area (Å²) in [6, 6.07) is 0.677. The molecule has 0 radical (unpaired) electrons. The number of aromatic nitrogens is 6. The van der Waals surface area contributed by atoms with Gasteiger partial charge in [0, 0.05) is 16.5 Å². The van der Waals surface area contributed by atoms with Gasteiger partial charge in [0.2, 0.25) is 0 Å². The second-order valence-electron chi connectivity index (χ2n) is 8.86. The van der Waals surface area contributed by atoms with Crippen molar-refractivity contribution >= 4 is 27.2 Å². The molecule has 162 valence electrons. The topological polar surface area (TPSA) is 60.9 Å². The highest BCUT2D eigenvalue weighted by atomic mass is 32.1. The van der Waals surface area contributed by atoms with Gasteiger partial charge in [0.15, 0.2) is 17.2 Å². The van der Waals surface area contributed by atoms with Crippen LogP contribution in [0, 0.1) is 5.92 Å². The number of hydrogen-bond acceptors (Lipinski definition) is 5. The monoisotopic (exact) mass is 446 g/mol. The van der Waals surface area contributed by atoms with Crippen LogP contribution in [-0.4, -0.2) is 29.4 Å². The van der Waals surface area contributed by atoms with Gasteiger partial charge in [-0.25, -0.2) is 14.5 Å². The predicted octanol–water partition coefficient (Wildman–Crippen LogP) is 5.17. The lowest BCUT2D eigenvalue weighted by atomic mass is 9.89. The molecule has 6 rings (SSSR count). The lowest BCUT2D eigenvalue weighted by Crippen LogP contribution is -2.15. The third-order valence-corrected chi connectivity index (χ3v) is 7.60. The summed E-state index contributed by atoms with van der Waals surface area (Å²) in [6.45, 7) is 4.08. The van der Waals surface area contributed by atoms with Gasteiger partial charge in [-0.2, -0.15) is 18.3 Å². The van der Waals surface area contributed by atoms with Gasteiger partial charge in [-0.15, -0.1) is 16.4 Å². The van der Waals surface area contributed by atoms with Crippen LogP contribution in [0.1, 0.15) is 72.7 Å². The van der Waals surface area contributed by atoms with Gasteiger partial charge in [-0.3, -0.25) is 4.68 Å². The number of halogens is 3. The fraction of sp³-hybridized carbons (Fsp3) is 0.524. The molecule has 1 fully saturated rings. The molecule has 1 saturated carbocycles. The molecule has 0 spiro atoms. The maximum atomic E-state index is 13.3. The molecule has 0 aliphatic heterocycles. The molecule has 6 nitrogen and oxygen atoms in total. The summed E-state index contributed by atoms with van der Waals surface area (Å²) < 4.78 is 43.0. The summed E-state index contributed by atoms with van der Waals surface area (Å²) in [4.78, 5) is 11.7. The first kappa shape index (κ1) is 19.2. The Morgan fingerprint density at radius 1 is 1.19 bits per heavy atom. The van der Waals surface area contributed by atoms with Crippen LogP contribution in [0.25, 0.3) is 15.9 Å². The third-order valence-electron chi connectivity index (χ3n) is 6.44. The van der Waals surface area contributed by atoms with E-state index in [1.807, 2.05) is 6.92 Å². The molecule has 4 heterocycles. The number of rotatable bonds is 3. The summed E-state index contributed by atoms with van der Waals surface area (Å²) >= 11 is 1.72. The van der Waals surface area contributed by atoms with E-state index in [0.717, 1.165) is 48.0 Å². The average Bonchev–Trinajstić information content (AvgIpc) is 3.16. The highest BCUT2D eigenvalue weighted by Crippen LogP contribution is 2.43. The second-order valence-corrected chi connectivity index (χ2v) is 9.95. The van der Waals surface area contributed by atoms with Crippen LogP contribution in [0.4, 0.5) is 13.2 Å². The Kier molecular flexibility index (Phi) is 4.03. The van der Waals surface area contributed by atoms with E-state index >= 15 is 0 Å². The van der Waals surface area contributed by atoms with Gasteiger partial charge in [0.1, 0.15) is 17.2 Å². The van der Waals surface area contributed by atoms with Crippen LogP contribution < -0.4 is 0 Å². The molecule has 10 heteroatoms. The van der Waals surface area contributed by atoms with Gasteiger partial charge in [-0.1, -0.05) is 6.92 Å². The molecule has 0 amide bonds. The molecule has 0 aromatic carbocycles. The number of nitrogens with zero attached hydrogens (tertiary/aromatic N) is 6. The highest BCUT2D eigenvalue weighted by molar-refractivity contribution is 7.19. The van der Waals surface area contributed by atoms with Crippen molar-refractivity contribution < 1.29 is 13.2 Å². The van der Waals surface area contributed by atoms with Crippen molar-refractivity contribution in [3.8, 4) is 0 Å².